The van der Waals surface area contributed by atoms with Crippen molar-refractivity contribution < 1.29 is 0 Å². The van der Waals surface area contributed by atoms with Crippen LogP contribution in [0.2, 0.25) is 0 Å². The Kier molecular flexibility index (Phi) is 7.16. The first-order valence-corrected chi connectivity index (χ1v) is 9.10. The lowest BCUT2D eigenvalue weighted by Crippen LogP contribution is -2.16. The van der Waals surface area contributed by atoms with Crippen LogP contribution in [0.25, 0.3) is 0 Å². The fourth-order valence-corrected chi connectivity index (χ4v) is 3.36. The third-order valence-electron chi connectivity index (χ3n) is 4.44. The SMILES string of the molecule is CC(C)C[C](Cc1ccccn1)C(C)CCC1=CC=CCC1=S. The molecule has 1 aliphatic rings. The van der Waals surface area contributed by atoms with Gasteiger partial charge in [-0.3, -0.25) is 4.98 Å². The highest BCUT2D eigenvalue weighted by molar-refractivity contribution is 7.80. The summed E-state index contributed by atoms with van der Waals surface area (Å²) in [5, 5.41) is 0. The molecule has 0 spiro atoms. The van der Waals surface area contributed by atoms with Crippen molar-refractivity contribution in [3.63, 3.8) is 0 Å². The zero-order valence-corrected chi connectivity index (χ0v) is 15.4. The van der Waals surface area contributed by atoms with Crippen LogP contribution in [-0.4, -0.2) is 9.85 Å². The Balaban J connectivity index is 1.96. The molecule has 0 amide bonds. The van der Waals surface area contributed by atoms with Gasteiger partial charge in [-0.15, -0.1) is 0 Å². The smallest absolute Gasteiger partial charge is 0.0409 e. The summed E-state index contributed by atoms with van der Waals surface area (Å²) in [5.41, 5.74) is 2.54. The van der Waals surface area contributed by atoms with Gasteiger partial charge in [0.2, 0.25) is 0 Å². The van der Waals surface area contributed by atoms with Crippen LogP contribution in [-0.2, 0) is 6.42 Å². The molecule has 1 heterocycles. The highest BCUT2D eigenvalue weighted by Gasteiger charge is 2.21. The van der Waals surface area contributed by atoms with E-state index < -0.39 is 0 Å². The van der Waals surface area contributed by atoms with Gasteiger partial charge in [0.15, 0.2) is 0 Å². The summed E-state index contributed by atoms with van der Waals surface area (Å²) in [6, 6.07) is 6.20. The molecule has 1 atom stereocenters. The minimum absolute atomic E-state index is 0.606. The van der Waals surface area contributed by atoms with E-state index in [0.717, 1.165) is 24.1 Å². The molecule has 2 heteroatoms. The second kappa shape index (κ2) is 9.12. The molecule has 1 radical (unpaired) electrons. The Hall–Kier alpha value is -1.28. The first-order chi connectivity index (χ1) is 11.1. The number of hydrogen-bond donors (Lipinski definition) is 0. The van der Waals surface area contributed by atoms with Gasteiger partial charge in [0.05, 0.1) is 0 Å². The van der Waals surface area contributed by atoms with Crippen LogP contribution in [0.4, 0.5) is 0 Å². The number of thiocarbonyl (C=S) groups is 1. The van der Waals surface area contributed by atoms with E-state index in [4.69, 9.17) is 12.2 Å². The van der Waals surface area contributed by atoms with Crippen molar-refractivity contribution in [2.75, 3.05) is 0 Å². The minimum Gasteiger partial charge on any atom is -0.261 e. The number of rotatable bonds is 8. The summed E-state index contributed by atoms with van der Waals surface area (Å²) in [5.74, 6) is 2.92. The summed E-state index contributed by atoms with van der Waals surface area (Å²) in [6.07, 6.45) is 13.8. The van der Waals surface area contributed by atoms with Crippen molar-refractivity contribution >= 4 is 17.1 Å². The van der Waals surface area contributed by atoms with Crippen LogP contribution in [0.1, 0.15) is 52.1 Å². The second-order valence-corrected chi connectivity index (χ2v) is 7.43. The van der Waals surface area contributed by atoms with Gasteiger partial charge >= 0.3 is 0 Å². The maximum absolute atomic E-state index is 5.48. The molecular weight excluding hydrogens is 298 g/mol. The minimum atomic E-state index is 0.606. The summed E-state index contributed by atoms with van der Waals surface area (Å²) in [7, 11) is 0. The third kappa shape index (κ3) is 6.02. The van der Waals surface area contributed by atoms with Gasteiger partial charge in [-0.25, -0.2) is 0 Å². The van der Waals surface area contributed by atoms with Gasteiger partial charge in [-0.1, -0.05) is 57.3 Å². The third-order valence-corrected chi connectivity index (χ3v) is 4.87. The predicted molar refractivity (Wildman–Crippen MR) is 103 cm³/mol. The Morgan fingerprint density at radius 2 is 2.09 bits per heavy atom. The largest absolute Gasteiger partial charge is 0.261 e. The second-order valence-electron chi connectivity index (χ2n) is 6.94. The average molecular weight is 327 g/mol. The van der Waals surface area contributed by atoms with Crippen LogP contribution >= 0.6 is 12.2 Å². The van der Waals surface area contributed by atoms with Gasteiger partial charge < -0.3 is 0 Å². The van der Waals surface area contributed by atoms with E-state index in [1.807, 2.05) is 12.3 Å². The molecule has 0 fully saturated rings. The molecule has 1 aliphatic carbocycles. The lowest BCUT2D eigenvalue weighted by atomic mass is 9.80. The molecule has 1 nitrogen and oxygen atoms in total. The van der Waals surface area contributed by atoms with Gasteiger partial charge in [-0.2, -0.15) is 0 Å². The number of hydrogen-bond acceptors (Lipinski definition) is 2. The molecule has 0 saturated carbocycles. The molecule has 1 aromatic heterocycles. The molecule has 1 aromatic rings. The number of nitrogens with zero attached hydrogens (tertiary/aromatic N) is 1. The molecular formula is C21H28NS. The molecule has 1 unspecified atom stereocenters. The predicted octanol–water partition coefficient (Wildman–Crippen LogP) is 5.92. The van der Waals surface area contributed by atoms with Gasteiger partial charge in [0.1, 0.15) is 0 Å². The molecule has 0 aliphatic heterocycles. The molecule has 123 valence electrons. The van der Waals surface area contributed by atoms with Crippen molar-refractivity contribution in [3.05, 3.63) is 59.8 Å². The van der Waals surface area contributed by atoms with Crippen LogP contribution in [0, 0.1) is 17.8 Å². The lowest BCUT2D eigenvalue weighted by molar-refractivity contribution is 0.450. The van der Waals surface area contributed by atoms with E-state index in [0.29, 0.717) is 11.8 Å². The number of aromatic nitrogens is 1. The van der Waals surface area contributed by atoms with Gasteiger partial charge in [0.25, 0.3) is 0 Å². The van der Waals surface area contributed by atoms with Crippen LogP contribution in [0.3, 0.4) is 0 Å². The van der Waals surface area contributed by atoms with Crippen LogP contribution in [0.15, 0.2) is 48.2 Å². The van der Waals surface area contributed by atoms with Crippen molar-refractivity contribution in [1.82, 2.24) is 4.98 Å². The van der Waals surface area contributed by atoms with E-state index in [-0.39, 0.29) is 0 Å². The van der Waals surface area contributed by atoms with Crippen molar-refractivity contribution in [1.29, 1.82) is 0 Å². The monoisotopic (exact) mass is 326 g/mol. The molecule has 0 N–H and O–H groups in total. The Morgan fingerprint density at radius 3 is 2.74 bits per heavy atom. The molecule has 2 rings (SSSR count). The fraction of sp³-hybridized carbons (Fsp3) is 0.476. The van der Waals surface area contributed by atoms with Gasteiger partial charge in [-0.05, 0) is 61.1 Å². The summed E-state index contributed by atoms with van der Waals surface area (Å²) in [6.45, 7) is 6.96. The number of pyridine rings is 1. The lowest BCUT2D eigenvalue weighted by Gasteiger charge is -2.25. The van der Waals surface area contributed by atoms with E-state index in [2.05, 4.69) is 56.1 Å². The normalized spacial score (nSPS) is 16.0. The van der Waals surface area contributed by atoms with Crippen LogP contribution < -0.4 is 0 Å². The van der Waals surface area contributed by atoms with Crippen molar-refractivity contribution in [2.45, 2.75) is 52.9 Å². The van der Waals surface area contributed by atoms with E-state index in [1.54, 1.807) is 5.92 Å². The zero-order chi connectivity index (χ0) is 16.7. The highest BCUT2D eigenvalue weighted by atomic mass is 32.1. The van der Waals surface area contributed by atoms with Crippen LogP contribution in [0.5, 0.6) is 0 Å². The average Bonchev–Trinajstić information content (AvgIpc) is 2.54. The zero-order valence-electron chi connectivity index (χ0n) is 14.6. The Labute approximate surface area is 146 Å². The van der Waals surface area contributed by atoms with E-state index >= 15 is 0 Å². The number of allylic oxidation sites excluding steroid dienone is 4. The Bertz CT molecular complexity index is 556. The summed E-state index contributed by atoms with van der Waals surface area (Å²) in [4.78, 5) is 5.63. The standard InChI is InChI=1S/C21H28NS/c1-16(2)14-19(15-20-9-6-7-13-22-20)17(3)11-12-18-8-4-5-10-21(18)23/h4-9,13,16-17H,10-12,14-15H2,1-3H3. The molecule has 23 heavy (non-hydrogen) atoms. The van der Waals surface area contributed by atoms with Gasteiger partial charge in [0, 0.05) is 23.2 Å². The molecule has 0 bridgehead atoms. The maximum atomic E-state index is 5.48. The summed E-state index contributed by atoms with van der Waals surface area (Å²) < 4.78 is 0. The van der Waals surface area contributed by atoms with E-state index in [1.165, 1.54) is 24.1 Å². The molecule has 0 aromatic carbocycles. The fourth-order valence-electron chi connectivity index (χ4n) is 3.09. The van der Waals surface area contributed by atoms with Crippen molar-refractivity contribution in [2.24, 2.45) is 11.8 Å². The summed E-state index contributed by atoms with van der Waals surface area (Å²) >= 11 is 5.48. The maximum Gasteiger partial charge on any atom is 0.0409 e. The topological polar surface area (TPSA) is 12.9 Å². The van der Waals surface area contributed by atoms with E-state index in [9.17, 15) is 0 Å². The highest BCUT2D eigenvalue weighted by Crippen LogP contribution is 2.31. The first kappa shape index (κ1) is 18.1. The quantitative estimate of drug-likeness (QED) is 0.550. The Morgan fingerprint density at radius 1 is 1.26 bits per heavy atom. The van der Waals surface area contributed by atoms with Crippen molar-refractivity contribution in [3.8, 4) is 0 Å². The molecule has 0 saturated heterocycles. The first-order valence-electron chi connectivity index (χ1n) is 8.69.